The molecule has 4 rings (SSSR count). The maximum absolute atomic E-state index is 12.2. The predicted octanol–water partition coefficient (Wildman–Crippen LogP) is 4.43. The van der Waals surface area contributed by atoms with Crippen molar-refractivity contribution in [3.63, 3.8) is 0 Å². The van der Waals surface area contributed by atoms with Gasteiger partial charge in [-0.05, 0) is 72.9 Å². The lowest BCUT2D eigenvalue weighted by molar-refractivity contribution is 0.100. The first-order chi connectivity index (χ1) is 14.9. The number of carbonyl (C=O) groups excluding carboxylic acids is 1. The summed E-state index contributed by atoms with van der Waals surface area (Å²) in [6, 6.07) is 16.5. The van der Waals surface area contributed by atoms with Gasteiger partial charge in [-0.3, -0.25) is 9.89 Å². The number of benzene rings is 2. The maximum atomic E-state index is 12.2. The zero-order chi connectivity index (χ0) is 22.0. The van der Waals surface area contributed by atoms with E-state index in [1.165, 1.54) is 16.7 Å². The van der Waals surface area contributed by atoms with Gasteiger partial charge in [0.25, 0.3) is 5.91 Å². The number of nitrogens with zero attached hydrogens (tertiary/aromatic N) is 2. The van der Waals surface area contributed by atoms with Crippen molar-refractivity contribution in [2.75, 3.05) is 5.32 Å². The average molecular weight is 414 g/mol. The van der Waals surface area contributed by atoms with Crippen molar-refractivity contribution < 1.29 is 4.79 Å². The molecule has 0 radical (unpaired) electrons. The molecule has 0 bridgehead atoms. The molecular formula is C25H27N5O. The molecule has 6 nitrogen and oxygen atoms in total. The second-order valence-corrected chi connectivity index (χ2v) is 7.93. The lowest BCUT2D eigenvalue weighted by atomic mass is 10.0. The molecule has 0 aliphatic carbocycles. The number of aromatic nitrogens is 3. The molecule has 0 saturated heterocycles. The number of aryl methyl sites for hydroxylation is 2. The van der Waals surface area contributed by atoms with E-state index in [0.29, 0.717) is 30.0 Å². The van der Waals surface area contributed by atoms with Crippen molar-refractivity contribution in [2.45, 2.75) is 33.7 Å². The summed E-state index contributed by atoms with van der Waals surface area (Å²) in [6.45, 7) is 6.90. The normalized spacial score (nSPS) is 10.9. The Kier molecular flexibility index (Phi) is 5.62. The van der Waals surface area contributed by atoms with Crippen molar-refractivity contribution >= 4 is 11.7 Å². The van der Waals surface area contributed by atoms with Gasteiger partial charge in [-0.2, -0.15) is 5.10 Å². The minimum atomic E-state index is -0.494. The van der Waals surface area contributed by atoms with Crippen molar-refractivity contribution in [2.24, 2.45) is 5.73 Å². The zero-order valence-electron chi connectivity index (χ0n) is 18.1. The van der Waals surface area contributed by atoms with E-state index in [9.17, 15) is 4.79 Å². The molecule has 0 atom stereocenters. The van der Waals surface area contributed by atoms with Gasteiger partial charge in [0.2, 0.25) is 0 Å². The third-order valence-corrected chi connectivity index (χ3v) is 5.75. The molecule has 0 fully saturated rings. The lowest BCUT2D eigenvalue weighted by Gasteiger charge is -2.10. The van der Waals surface area contributed by atoms with E-state index in [0.717, 1.165) is 16.8 Å². The van der Waals surface area contributed by atoms with Crippen molar-refractivity contribution in [3.05, 3.63) is 100.0 Å². The highest BCUT2D eigenvalue weighted by atomic mass is 16.1. The number of primary amides is 1. The first-order valence-corrected chi connectivity index (χ1v) is 10.3. The monoisotopic (exact) mass is 413 g/mol. The number of amides is 1. The van der Waals surface area contributed by atoms with Gasteiger partial charge in [0.15, 0.2) is 5.82 Å². The summed E-state index contributed by atoms with van der Waals surface area (Å²) in [5.41, 5.74) is 13.9. The van der Waals surface area contributed by atoms with Crippen LogP contribution < -0.4 is 11.1 Å². The SMILES string of the molecule is Cc1cc(CNc2n[nH]c(Cc3ccc(-n4cccc4)cc3)c2C(N)=O)cc(C)c1C. The number of H-pyrrole nitrogens is 1. The smallest absolute Gasteiger partial charge is 0.254 e. The van der Waals surface area contributed by atoms with Crippen molar-refractivity contribution in [3.8, 4) is 5.69 Å². The lowest BCUT2D eigenvalue weighted by Crippen LogP contribution is -2.15. The maximum Gasteiger partial charge on any atom is 0.254 e. The van der Waals surface area contributed by atoms with Crippen LogP contribution >= 0.6 is 0 Å². The van der Waals surface area contributed by atoms with Crippen LogP contribution in [0.25, 0.3) is 5.69 Å². The highest BCUT2D eigenvalue weighted by molar-refractivity contribution is 5.99. The first-order valence-electron chi connectivity index (χ1n) is 10.3. The van der Waals surface area contributed by atoms with E-state index in [1.54, 1.807) is 0 Å². The van der Waals surface area contributed by atoms with Crippen LogP contribution in [0.15, 0.2) is 60.9 Å². The topological polar surface area (TPSA) is 88.7 Å². The van der Waals surface area contributed by atoms with Gasteiger partial charge in [0, 0.05) is 31.0 Å². The summed E-state index contributed by atoms with van der Waals surface area (Å²) < 4.78 is 2.05. The van der Waals surface area contributed by atoms with Crippen molar-refractivity contribution in [1.82, 2.24) is 14.8 Å². The fourth-order valence-corrected chi connectivity index (χ4v) is 3.81. The van der Waals surface area contributed by atoms with Crippen LogP contribution in [-0.4, -0.2) is 20.7 Å². The summed E-state index contributed by atoms with van der Waals surface area (Å²) in [7, 11) is 0. The Morgan fingerprint density at radius 2 is 1.68 bits per heavy atom. The van der Waals surface area contributed by atoms with E-state index in [1.807, 2.05) is 41.2 Å². The Bertz CT molecular complexity index is 1180. The quantitative estimate of drug-likeness (QED) is 0.419. The van der Waals surface area contributed by atoms with E-state index in [2.05, 4.69) is 60.6 Å². The van der Waals surface area contributed by atoms with Crippen LogP contribution in [-0.2, 0) is 13.0 Å². The Labute approximate surface area is 182 Å². The third kappa shape index (κ3) is 4.38. The molecule has 4 aromatic rings. The molecular weight excluding hydrogens is 386 g/mol. The predicted molar refractivity (Wildman–Crippen MR) is 124 cm³/mol. The molecule has 0 aliphatic heterocycles. The van der Waals surface area contributed by atoms with Crippen LogP contribution in [0.4, 0.5) is 5.82 Å². The highest BCUT2D eigenvalue weighted by Crippen LogP contribution is 2.22. The fraction of sp³-hybridized carbons (Fsp3) is 0.200. The molecule has 0 spiro atoms. The van der Waals surface area contributed by atoms with Crippen LogP contribution in [0, 0.1) is 20.8 Å². The van der Waals surface area contributed by atoms with E-state index < -0.39 is 5.91 Å². The number of rotatable bonds is 7. The van der Waals surface area contributed by atoms with Gasteiger partial charge in [0.05, 0.1) is 5.69 Å². The third-order valence-electron chi connectivity index (χ3n) is 5.75. The number of hydrogen-bond donors (Lipinski definition) is 3. The number of anilines is 1. The van der Waals surface area contributed by atoms with Crippen LogP contribution in [0.2, 0.25) is 0 Å². The second kappa shape index (κ2) is 8.52. The Balaban J connectivity index is 1.51. The minimum absolute atomic E-state index is 0.412. The minimum Gasteiger partial charge on any atom is -0.365 e. The van der Waals surface area contributed by atoms with Gasteiger partial charge >= 0.3 is 0 Å². The van der Waals surface area contributed by atoms with E-state index in [4.69, 9.17) is 5.73 Å². The molecule has 2 aromatic carbocycles. The van der Waals surface area contributed by atoms with Crippen LogP contribution in [0.5, 0.6) is 0 Å². The van der Waals surface area contributed by atoms with Gasteiger partial charge in [0.1, 0.15) is 5.56 Å². The second-order valence-electron chi connectivity index (χ2n) is 7.93. The number of carbonyl (C=O) groups is 1. The van der Waals surface area contributed by atoms with Crippen LogP contribution in [0.1, 0.15) is 43.9 Å². The molecule has 2 aromatic heterocycles. The number of aromatic amines is 1. The highest BCUT2D eigenvalue weighted by Gasteiger charge is 2.18. The zero-order valence-corrected chi connectivity index (χ0v) is 18.1. The average Bonchev–Trinajstić information content (AvgIpc) is 3.41. The first kappa shape index (κ1) is 20.5. The molecule has 6 heteroatoms. The summed E-state index contributed by atoms with van der Waals surface area (Å²) in [5, 5.41) is 10.6. The summed E-state index contributed by atoms with van der Waals surface area (Å²) in [5.74, 6) is -0.00572. The molecule has 158 valence electrons. The Morgan fingerprint density at radius 3 is 2.29 bits per heavy atom. The number of nitrogens with two attached hydrogens (primary N) is 1. The molecule has 0 saturated carbocycles. The van der Waals surface area contributed by atoms with Gasteiger partial charge in [-0.15, -0.1) is 0 Å². The Morgan fingerprint density at radius 1 is 1.03 bits per heavy atom. The van der Waals surface area contributed by atoms with Gasteiger partial charge in [-0.25, -0.2) is 0 Å². The fourth-order valence-electron chi connectivity index (χ4n) is 3.81. The largest absolute Gasteiger partial charge is 0.365 e. The summed E-state index contributed by atoms with van der Waals surface area (Å²) in [4.78, 5) is 12.2. The molecule has 4 N–H and O–H groups in total. The molecule has 31 heavy (non-hydrogen) atoms. The molecule has 2 heterocycles. The Hall–Kier alpha value is -3.80. The van der Waals surface area contributed by atoms with E-state index >= 15 is 0 Å². The van der Waals surface area contributed by atoms with Crippen LogP contribution in [0.3, 0.4) is 0 Å². The summed E-state index contributed by atoms with van der Waals surface area (Å²) in [6.07, 6.45) is 4.55. The molecule has 0 aliphatic rings. The summed E-state index contributed by atoms with van der Waals surface area (Å²) >= 11 is 0. The molecule has 1 amide bonds. The molecule has 0 unspecified atom stereocenters. The number of nitrogens with one attached hydrogen (secondary N) is 2. The standard InChI is InChI=1S/C25H27N5O/c1-16-12-20(13-17(2)18(16)3)15-27-25-23(24(26)31)22(28-29-25)14-19-6-8-21(9-7-19)30-10-4-5-11-30/h4-13H,14-15H2,1-3H3,(H2,26,31)(H2,27,28,29). The number of hydrogen-bond acceptors (Lipinski definition) is 3. The van der Waals surface area contributed by atoms with Gasteiger partial charge < -0.3 is 15.6 Å². The van der Waals surface area contributed by atoms with Crippen molar-refractivity contribution in [1.29, 1.82) is 0 Å². The van der Waals surface area contributed by atoms with Gasteiger partial charge in [-0.1, -0.05) is 24.3 Å². The van der Waals surface area contributed by atoms with E-state index in [-0.39, 0.29) is 0 Å².